The molecule has 0 aliphatic carbocycles. The van der Waals surface area contributed by atoms with Crippen LogP contribution in [0.2, 0.25) is 0 Å². The Morgan fingerprint density at radius 2 is 2.00 bits per heavy atom. The molecular formula is C14H24N2O. The van der Waals surface area contributed by atoms with E-state index >= 15 is 0 Å². The third kappa shape index (κ3) is 7.53. The van der Waals surface area contributed by atoms with Crippen molar-refractivity contribution >= 4 is 5.71 Å². The predicted octanol–water partition coefficient (Wildman–Crippen LogP) is 3.02. The molecule has 3 nitrogen and oxygen atoms in total. The lowest BCUT2D eigenvalue weighted by atomic mass is 10.1. The fraction of sp³-hybridized carbons (Fsp3) is 0.500. The molecule has 0 atom stereocenters. The maximum Gasteiger partial charge on any atom is 0.129 e. The molecule has 0 bridgehead atoms. The molecule has 0 heterocycles. The highest BCUT2D eigenvalue weighted by Gasteiger charge is 1.98. The fourth-order valence-corrected chi connectivity index (χ4v) is 1.06. The molecule has 96 valence electrons. The van der Waals surface area contributed by atoms with Crippen LogP contribution in [0.4, 0.5) is 0 Å². The fourth-order valence-electron chi connectivity index (χ4n) is 1.06. The highest BCUT2D eigenvalue weighted by Crippen LogP contribution is 2.06. The van der Waals surface area contributed by atoms with Crippen LogP contribution in [0.3, 0.4) is 0 Å². The largest absolute Gasteiger partial charge is 0.394 e. The van der Waals surface area contributed by atoms with Crippen molar-refractivity contribution < 1.29 is 4.84 Å². The Morgan fingerprint density at radius 1 is 1.35 bits per heavy atom. The summed E-state index contributed by atoms with van der Waals surface area (Å²) in [6.07, 6.45) is 5.88. The molecule has 0 unspecified atom stereocenters. The maximum absolute atomic E-state index is 5.24. The molecule has 0 amide bonds. The molecule has 3 heteroatoms. The molecule has 0 fully saturated rings. The zero-order valence-corrected chi connectivity index (χ0v) is 11.7. The smallest absolute Gasteiger partial charge is 0.129 e. The van der Waals surface area contributed by atoms with Gasteiger partial charge in [0.2, 0.25) is 0 Å². The van der Waals surface area contributed by atoms with Crippen molar-refractivity contribution in [3.8, 4) is 0 Å². The summed E-state index contributed by atoms with van der Waals surface area (Å²) < 4.78 is 0. The Labute approximate surface area is 105 Å². The molecule has 17 heavy (non-hydrogen) atoms. The Hall–Kier alpha value is -1.35. The Kier molecular flexibility index (Phi) is 8.07. The first-order valence-electron chi connectivity index (χ1n) is 5.80. The third-order valence-corrected chi connectivity index (χ3v) is 2.31. The lowest BCUT2D eigenvalue weighted by molar-refractivity contribution is 0.126. The van der Waals surface area contributed by atoms with E-state index in [-0.39, 0.29) is 0 Å². The summed E-state index contributed by atoms with van der Waals surface area (Å²) in [5.74, 6) is 0. The van der Waals surface area contributed by atoms with E-state index in [0.29, 0.717) is 6.61 Å². The van der Waals surface area contributed by atoms with Gasteiger partial charge >= 0.3 is 0 Å². The van der Waals surface area contributed by atoms with E-state index in [2.05, 4.69) is 16.6 Å². The van der Waals surface area contributed by atoms with Crippen LogP contribution in [0.5, 0.6) is 0 Å². The van der Waals surface area contributed by atoms with Gasteiger partial charge in [-0.15, -0.1) is 0 Å². The van der Waals surface area contributed by atoms with Crippen LogP contribution in [0, 0.1) is 0 Å². The van der Waals surface area contributed by atoms with Gasteiger partial charge in [0.15, 0.2) is 0 Å². The minimum absolute atomic E-state index is 0.595. The Balaban J connectivity index is 4.44. The molecule has 0 rings (SSSR count). The van der Waals surface area contributed by atoms with E-state index in [0.717, 1.165) is 17.8 Å². The second-order valence-electron chi connectivity index (χ2n) is 4.15. The van der Waals surface area contributed by atoms with Crippen LogP contribution >= 0.6 is 0 Å². The van der Waals surface area contributed by atoms with E-state index in [1.165, 1.54) is 5.57 Å². The van der Waals surface area contributed by atoms with Gasteiger partial charge in [0, 0.05) is 6.54 Å². The summed E-state index contributed by atoms with van der Waals surface area (Å²) in [4.78, 5) is 7.30. The summed E-state index contributed by atoms with van der Waals surface area (Å²) >= 11 is 0. The topological polar surface area (TPSA) is 24.8 Å². The minimum atomic E-state index is 0.595. The average Bonchev–Trinajstić information content (AvgIpc) is 2.30. The van der Waals surface area contributed by atoms with Crippen LogP contribution in [-0.2, 0) is 4.84 Å². The van der Waals surface area contributed by atoms with Crippen LogP contribution in [0.25, 0.3) is 0 Å². The van der Waals surface area contributed by atoms with Gasteiger partial charge in [0.1, 0.15) is 6.61 Å². The maximum atomic E-state index is 5.24. The Morgan fingerprint density at radius 3 is 2.47 bits per heavy atom. The lowest BCUT2D eigenvalue weighted by Crippen LogP contribution is -2.17. The summed E-state index contributed by atoms with van der Waals surface area (Å²) in [7, 11) is 4.01. The van der Waals surface area contributed by atoms with Crippen molar-refractivity contribution in [1.29, 1.82) is 0 Å². The molecule has 0 aromatic rings. The molecule has 0 saturated carbocycles. The molecule has 0 spiro atoms. The third-order valence-electron chi connectivity index (χ3n) is 2.31. The number of hydrogen-bond donors (Lipinski definition) is 0. The van der Waals surface area contributed by atoms with Gasteiger partial charge in [-0.05, 0) is 40.4 Å². The first-order valence-corrected chi connectivity index (χ1v) is 5.80. The van der Waals surface area contributed by atoms with Gasteiger partial charge in [-0.1, -0.05) is 35.5 Å². The lowest BCUT2D eigenvalue weighted by Gasteiger charge is -2.08. The second kappa shape index (κ2) is 8.76. The molecule has 0 radical (unpaired) electrons. The molecule has 0 saturated heterocycles. The summed E-state index contributed by atoms with van der Waals surface area (Å²) in [5.41, 5.74) is 3.02. The van der Waals surface area contributed by atoms with E-state index in [1.54, 1.807) is 6.08 Å². The summed E-state index contributed by atoms with van der Waals surface area (Å²) in [6, 6.07) is 0. The first kappa shape index (κ1) is 15.7. The van der Waals surface area contributed by atoms with Crippen molar-refractivity contribution in [3.05, 3.63) is 36.0 Å². The zero-order valence-electron chi connectivity index (χ0n) is 11.7. The Bertz CT molecular complexity index is 325. The van der Waals surface area contributed by atoms with Crippen molar-refractivity contribution in [2.45, 2.75) is 20.8 Å². The normalized spacial score (nSPS) is 14.1. The quantitative estimate of drug-likeness (QED) is 0.294. The molecule has 0 aromatic carbocycles. The minimum Gasteiger partial charge on any atom is -0.394 e. The van der Waals surface area contributed by atoms with Crippen molar-refractivity contribution in [2.75, 3.05) is 27.2 Å². The number of rotatable bonds is 7. The van der Waals surface area contributed by atoms with Crippen LogP contribution in [0.1, 0.15) is 20.8 Å². The van der Waals surface area contributed by atoms with Crippen LogP contribution in [0.15, 0.2) is 41.1 Å². The van der Waals surface area contributed by atoms with Crippen molar-refractivity contribution in [2.24, 2.45) is 5.16 Å². The average molecular weight is 236 g/mol. The van der Waals surface area contributed by atoms with Gasteiger partial charge in [0.25, 0.3) is 0 Å². The standard InChI is InChI=1S/C14H24N2O/c1-7-12(3)11-14(8-2)13(4)15-17-10-9-16(5)6/h7-8,11H,2,9-10H2,1,3-6H3/b12-7-,14-11+,15-13+. The molecular weight excluding hydrogens is 212 g/mol. The zero-order chi connectivity index (χ0) is 13.3. The van der Waals surface area contributed by atoms with Crippen molar-refractivity contribution in [1.82, 2.24) is 4.90 Å². The molecule has 0 aromatic heterocycles. The number of likely N-dealkylation sites (N-methyl/N-ethyl adjacent to an activating group) is 1. The van der Waals surface area contributed by atoms with Crippen LogP contribution in [-0.4, -0.2) is 37.9 Å². The predicted molar refractivity (Wildman–Crippen MR) is 75.3 cm³/mol. The highest BCUT2D eigenvalue weighted by molar-refractivity contribution is 6.00. The molecule has 0 aliphatic heterocycles. The van der Waals surface area contributed by atoms with Gasteiger partial charge in [0.05, 0.1) is 5.71 Å². The molecule has 0 aliphatic rings. The monoisotopic (exact) mass is 236 g/mol. The van der Waals surface area contributed by atoms with Crippen molar-refractivity contribution in [3.63, 3.8) is 0 Å². The second-order valence-corrected chi connectivity index (χ2v) is 4.15. The van der Waals surface area contributed by atoms with Gasteiger partial charge < -0.3 is 9.74 Å². The SMILES string of the molecule is C=CC(=C\C(C)=C/C)/C(C)=N/OCCN(C)C. The van der Waals surface area contributed by atoms with E-state index in [1.807, 2.05) is 47.0 Å². The highest BCUT2D eigenvalue weighted by atomic mass is 16.6. The number of hydrogen-bond acceptors (Lipinski definition) is 3. The van der Waals surface area contributed by atoms with Gasteiger partial charge in [-0.3, -0.25) is 0 Å². The van der Waals surface area contributed by atoms with Crippen LogP contribution < -0.4 is 0 Å². The van der Waals surface area contributed by atoms with E-state index < -0.39 is 0 Å². The van der Waals surface area contributed by atoms with E-state index in [9.17, 15) is 0 Å². The first-order chi connectivity index (χ1) is 8.01. The van der Waals surface area contributed by atoms with E-state index in [4.69, 9.17) is 4.84 Å². The summed E-state index contributed by atoms with van der Waals surface area (Å²) in [5, 5.41) is 4.08. The van der Waals surface area contributed by atoms with Gasteiger partial charge in [-0.2, -0.15) is 0 Å². The van der Waals surface area contributed by atoms with Gasteiger partial charge in [-0.25, -0.2) is 0 Å². The number of nitrogens with zero attached hydrogens (tertiary/aromatic N) is 2. The number of oxime groups is 1. The summed E-state index contributed by atoms with van der Waals surface area (Å²) in [6.45, 7) is 11.2. The number of allylic oxidation sites excluding steroid dienone is 5. The molecule has 0 N–H and O–H groups in total.